The van der Waals surface area contributed by atoms with Gasteiger partial charge in [-0.25, -0.2) is 4.98 Å². The molecule has 5 nitrogen and oxygen atoms in total. The number of hydrogen-bond donors (Lipinski definition) is 0. The molecule has 5 heteroatoms. The monoisotopic (exact) mass is 303 g/mol. The number of rotatable bonds is 4. The SMILES string of the molecule is COc1ccncc1-c1cccnc1Oc1ccc(C#N)cc1. The average Bonchev–Trinajstić information content (AvgIpc) is 2.63. The van der Waals surface area contributed by atoms with E-state index in [4.69, 9.17) is 14.7 Å². The average molecular weight is 303 g/mol. The van der Waals surface area contributed by atoms with Gasteiger partial charge in [-0.05, 0) is 42.5 Å². The van der Waals surface area contributed by atoms with Crippen LogP contribution < -0.4 is 9.47 Å². The first-order valence-corrected chi connectivity index (χ1v) is 6.93. The van der Waals surface area contributed by atoms with Gasteiger partial charge in [0.2, 0.25) is 5.88 Å². The van der Waals surface area contributed by atoms with Crippen molar-refractivity contribution in [3.8, 4) is 34.6 Å². The molecular weight excluding hydrogens is 290 g/mol. The predicted molar refractivity (Wildman–Crippen MR) is 85.3 cm³/mol. The number of benzene rings is 1. The Morgan fingerprint density at radius 2 is 1.83 bits per heavy atom. The summed E-state index contributed by atoms with van der Waals surface area (Å²) < 4.78 is 11.2. The number of hydrogen-bond acceptors (Lipinski definition) is 5. The fourth-order valence-corrected chi connectivity index (χ4v) is 2.15. The summed E-state index contributed by atoms with van der Waals surface area (Å²) in [5, 5.41) is 8.84. The van der Waals surface area contributed by atoms with Crippen molar-refractivity contribution in [2.24, 2.45) is 0 Å². The number of nitrogens with zero attached hydrogens (tertiary/aromatic N) is 3. The minimum absolute atomic E-state index is 0.448. The Balaban J connectivity index is 1.99. The second-order valence-corrected chi connectivity index (χ2v) is 4.67. The van der Waals surface area contributed by atoms with Crippen molar-refractivity contribution in [1.29, 1.82) is 5.26 Å². The number of aromatic nitrogens is 2. The Morgan fingerprint density at radius 1 is 1.00 bits per heavy atom. The summed E-state index contributed by atoms with van der Waals surface area (Å²) in [6, 6.07) is 14.4. The van der Waals surface area contributed by atoms with E-state index in [0.717, 1.165) is 11.1 Å². The van der Waals surface area contributed by atoms with E-state index >= 15 is 0 Å². The van der Waals surface area contributed by atoms with Crippen molar-refractivity contribution in [3.05, 3.63) is 66.6 Å². The molecule has 0 amide bonds. The molecule has 0 atom stereocenters. The van der Waals surface area contributed by atoms with Crippen molar-refractivity contribution in [2.75, 3.05) is 7.11 Å². The molecule has 112 valence electrons. The van der Waals surface area contributed by atoms with Crippen LogP contribution in [0.4, 0.5) is 0 Å². The maximum atomic E-state index is 8.84. The molecule has 2 heterocycles. The third kappa shape index (κ3) is 3.11. The third-order valence-electron chi connectivity index (χ3n) is 3.26. The van der Waals surface area contributed by atoms with Crippen LogP contribution in [-0.4, -0.2) is 17.1 Å². The lowest BCUT2D eigenvalue weighted by Crippen LogP contribution is -1.94. The highest BCUT2D eigenvalue weighted by molar-refractivity contribution is 5.73. The second-order valence-electron chi connectivity index (χ2n) is 4.67. The molecule has 0 radical (unpaired) electrons. The first kappa shape index (κ1) is 14.5. The molecule has 0 spiro atoms. The van der Waals surface area contributed by atoms with Crippen molar-refractivity contribution in [3.63, 3.8) is 0 Å². The van der Waals surface area contributed by atoms with Crippen LogP contribution in [0.25, 0.3) is 11.1 Å². The van der Waals surface area contributed by atoms with Crippen LogP contribution in [0.15, 0.2) is 61.1 Å². The Labute approximate surface area is 133 Å². The number of methoxy groups -OCH3 is 1. The van der Waals surface area contributed by atoms with E-state index in [1.807, 2.05) is 12.1 Å². The van der Waals surface area contributed by atoms with Gasteiger partial charge in [0.25, 0.3) is 0 Å². The van der Waals surface area contributed by atoms with E-state index < -0.39 is 0 Å². The molecule has 1 aromatic carbocycles. The Morgan fingerprint density at radius 3 is 2.57 bits per heavy atom. The van der Waals surface area contributed by atoms with Crippen molar-refractivity contribution in [1.82, 2.24) is 9.97 Å². The van der Waals surface area contributed by atoms with Gasteiger partial charge in [0.05, 0.1) is 18.7 Å². The molecule has 2 aromatic heterocycles. The molecule has 3 aromatic rings. The second kappa shape index (κ2) is 6.58. The molecule has 0 unspecified atom stereocenters. The molecule has 0 fully saturated rings. The lowest BCUT2D eigenvalue weighted by molar-refractivity contribution is 0.415. The lowest BCUT2D eigenvalue weighted by atomic mass is 10.1. The molecule has 0 aliphatic rings. The molecule has 0 aliphatic carbocycles. The predicted octanol–water partition coefficient (Wildman–Crippen LogP) is 3.82. The third-order valence-corrected chi connectivity index (χ3v) is 3.26. The van der Waals surface area contributed by atoms with Gasteiger partial charge in [-0.3, -0.25) is 4.98 Å². The van der Waals surface area contributed by atoms with Gasteiger partial charge < -0.3 is 9.47 Å². The van der Waals surface area contributed by atoms with Crippen LogP contribution in [0.3, 0.4) is 0 Å². The topological polar surface area (TPSA) is 68.0 Å². The maximum Gasteiger partial charge on any atom is 0.227 e. The lowest BCUT2D eigenvalue weighted by Gasteiger charge is -2.12. The zero-order valence-corrected chi connectivity index (χ0v) is 12.4. The Hall–Kier alpha value is -3.39. The van der Waals surface area contributed by atoms with E-state index in [1.165, 1.54) is 0 Å². The van der Waals surface area contributed by atoms with Crippen molar-refractivity contribution >= 4 is 0 Å². The van der Waals surface area contributed by atoms with Crippen molar-refractivity contribution < 1.29 is 9.47 Å². The standard InChI is InChI=1S/C18H13N3O2/c1-22-17-8-10-20-12-16(17)15-3-2-9-21-18(15)23-14-6-4-13(11-19)5-7-14/h2-10,12H,1H3. The van der Waals surface area contributed by atoms with Crippen LogP contribution in [0, 0.1) is 11.3 Å². The van der Waals surface area contributed by atoms with Gasteiger partial charge >= 0.3 is 0 Å². The van der Waals surface area contributed by atoms with Crippen LogP contribution in [0.1, 0.15) is 5.56 Å². The fourth-order valence-electron chi connectivity index (χ4n) is 2.15. The molecule has 0 saturated carbocycles. The van der Waals surface area contributed by atoms with E-state index in [0.29, 0.717) is 22.9 Å². The maximum absolute atomic E-state index is 8.84. The Bertz CT molecular complexity index is 855. The summed E-state index contributed by atoms with van der Waals surface area (Å²) in [7, 11) is 1.61. The minimum Gasteiger partial charge on any atom is -0.496 e. The molecule has 0 bridgehead atoms. The van der Waals surface area contributed by atoms with Crippen LogP contribution in [0.5, 0.6) is 17.4 Å². The minimum atomic E-state index is 0.448. The van der Waals surface area contributed by atoms with Crippen LogP contribution >= 0.6 is 0 Å². The molecule has 0 saturated heterocycles. The molecule has 3 rings (SSSR count). The first-order valence-electron chi connectivity index (χ1n) is 6.93. The highest BCUT2D eigenvalue weighted by Crippen LogP contribution is 2.36. The zero-order valence-electron chi connectivity index (χ0n) is 12.4. The fraction of sp³-hybridized carbons (Fsp3) is 0.0556. The zero-order chi connectivity index (χ0) is 16.1. The van der Waals surface area contributed by atoms with Gasteiger partial charge in [0.1, 0.15) is 11.5 Å². The van der Waals surface area contributed by atoms with E-state index in [2.05, 4.69) is 16.0 Å². The van der Waals surface area contributed by atoms with E-state index in [9.17, 15) is 0 Å². The number of nitriles is 1. The summed E-state index contributed by atoms with van der Waals surface area (Å²) in [4.78, 5) is 8.44. The van der Waals surface area contributed by atoms with Gasteiger partial charge in [-0.2, -0.15) is 5.26 Å². The summed E-state index contributed by atoms with van der Waals surface area (Å²) in [6.45, 7) is 0. The summed E-state index contributed by atoms with van der Waals surface area (Å²) in [5.41, 5.74) is 2.15. The molecule has 23 heavy (non-hydrogen) atoms. The van der Waals surface area contributed by atoms with Gasteiger partial charge in [-0.15, -0.1) is 0 Å². The highest BCUT2D eigenvalue weighted by atomic mass is 16.5. The quantitative estimate of drug-likeness (QED) is 0.733. The van der Waals surface area contributed by atoms with Crippen molar-refractivity contribution in [2.45, 2.75) is 0 Å². The molecule has 0 aliphatic heterocycles. The molecule has 0 N–H and O–H groups in total. The smallest absolute Gasteiger partial charge is 0.227 e. The van der Waals surface area contributed by atoms with Gasteiger partial charge in [-0.1, -0.05) is 0 Å². The van der Waals surface area contributed by atoms with Gasteiger partial charge in [0.15, 0.2) is 0 Å². The summed E-state index contributed by atoms with van der Waals surface area (Å²) >= 11 is 0. The Kier molecular flexibility index (Phi) is 4.16. The number of pyridine rings is 2. The van der Waals surface area contributed by atoms with E-state index in [1.54, 1.807) is 56.0 Å². The van der Waals surface area contributed by atoms with Gasteiger partial charge in [0, 0.05) is 29.7 Å². The largest absolute Gasteiger partial charge is 0.496 e. The first-order chi connectivity index (χ1) is 11.3. The molecular formula is C18H13N3O2. The highest BCUT2D eigenvalue weighted by Gasteiger charge is 2.13. The summed E-state index contributed by atoms with van der Waals surface area (Å²) in [5.74, 6) is 1.74. The van der Waals surface area contributed by atoms with Crippen LogP contribution in [0.2, 0.25) is 0 Å². The normalized spacial score (nSPS) is 9.91. The number of ether oxygens (including phenoxy) is 2. The van der Waals surface area contributed by atoms with Crippen LogP contribution in [-0.2, 0) is 0 Å². The van der Waals surface area contributed by atoms with E-state index in [-0.39, 0.29) is 0 Å². The summed E-state index contributed by atoms with van der Waals surface area (Å²) in [6.07, 6.45) is 5.03.